The summed E-state index contributed by atoms with van der Waals surface area (Å²) in [6.45, 7) is 10.3. The predicted octanol–water partition coefficient (Wildman–Crippen LogP) is 5.53. The summed E-state index contributed by atoms with van der Waals surface area (Å²) in [5, 5.41) is 1.24. The summed E-state index contributed by atoms with van der Waals surface area (Å²) in [5.74, 6) is 1.97. The van der Waals surface area contributed by atoms with Gasteiger partial charge in [0.05, 0.1) is 11.4 Å². The molecule has 1 aliphatic rings. The zero-order chi connectivity index (χ0) is 21.4. The smallest absolute Gasteiger partial charge is 0.141 e. The molecule has 0 bridgehead atoms. The third kappa shape index (κ3) is 3.84. The highest BCUT2D eigenvalue weighted by Crippen LogP contribution is 2.36. The van der Waals surface area contributed by atoms with Crippen molar-refractivity contribution in [2.75, 3.05) is 31.1 Å². The molecule has 158 valence electrons. The monoisotopic (exact) mass is 428 g/mol. The van der Waals surface area contributed by atoms with Gasteiger partial charge in [0.25, 0.3) is 0 Å². The zero-order valence-corrected chi connectivity index (χ0v) is 19.2. The van der Waals surface area contributed by atoms with E-state index in [1.165, 1.54) is 27.0 Å². The Bertz CT molecular complexity index is 1140. The van der Waals surface area contributed by atoms with E-state index in [2.05, 4.69) is 84.3 Å². The van der Waals surface area contributed by atoms with Crippen molar-refractivity contribution in [3.05, 3.63) is 88.1 Å². The minimum absolute atomic E-state index is 0.279. The largest absolute Gasteiger partial charge is 0.353 e. The molecule has 4 aromatic rings. The number of aromatic nitrogens is 2. The molecule has 5 rings (SSSR count). The Hall–Kier alpha value is -2.76. The molecule has 0 atom stereocenters. The van der Waals surface area contributed by atoms with Gasteiger partial charge < -0.3 is 4.90 Å². The first kappa shape index (κ1) is 20.2. The highest BCUT2D eigenvalue weighted by atomic mass is 32.1. The predicted molar refractivity (Wildman–Crippen MR) is 130 cm³/mol. The van der Waals surface area contributed by atoms with Gasteiger partial charge in [0, 0.05) is 31.1 Å². The molecule has 0 unspecified atom stereocenters. The van der Waals surface area contributed by atoms with Crippen LogP contribution in [0.3, 0.4) is 0 Å². The van der Waals surface area contributed by atoms with E-state index in [0.717, 1.165) is 42.7 Å². The number of anilines is 1. The lowest BCUT2D eigenvalue weighted by Gasteiger charge is -2.40. The van der Waals surface area contributed by atoms with Crippen molar-refractivity contribution in [2.45, 2.75) is 26.8 Å². The third-order valence-electron chi connectivity index (χ3n) is 6.33. The summed E-state index contributed by atoms with van der Waals surface area (Å²) in [6, 6.07) is 22.0. The van der Waals surface area contributed by atoms with Gasteiger partial charge >= 0.3 is 0 Å². The summed E-state index contributed by atoms with van der Waals surface area (Å²) in [4.78, 5) is 17.1. The van der Waals surface area contributed by atoms with Crippen LogP contribution in [0.2, 0.25) is 0 Å². The van der Waals surface area contributed by atoms with E-state index in [1.807, 2.05) is 6.92 Å². The molecule has 0 saturated carbocycles. The highest BCUT2D eigenvalue weighted by molar-refractivity contribution is 7.18. The van der Waals surface area contributed by atoms with E-state index in [0.29, 0.717) is 0 Å². The molecular formula is C26H28N4S. The standard InChI is InChI=1S/C26H28N4S/c1-18-19(2)31-26-23(18)25(27-20(3)28-26)30-16-14-29(15-17-30)24(21-10-6-4-7-11-21)22-12-8-5-9-13-22/h4-13,24H,14-17H2,1-3H3. The molecular weight excluding hydrogens is 400 g/mol. The number of benzene rings is 2. The van der Waals surface area contributed by atoms with E-state index < -0.39 is 0 Å². The minimum atomic E-state index is 0.279. The maximum atomic E-state index is 4.89. The molecule has 3 heterocycles. The van der Waals surface area contributed by atoms with Crippen LogP contribution < -0.4 is 4.90 Å². The number of hydrogen-bond acceptors (Lipinski definition) is 5. The average molecular weight is 429 g/mol. The molecule has 1 fully saturated rings. The minimum Gasteiger partial charge on any atom is -0.353 e. The first-order chi connectivity index (χ1) is 15.1. The van der Waals surface area contributed by atoms with Crippen LogP contribution in [0.4, 0.5) is 5.82 Å². The zero-order valence-electron chi connectivity index (χ0n) is 18.4. The number of rotatable bonds is 4. The van der Waals surface area contributed by atoms with Crippen LogP contribution in [-0.4, -0.2) is 41.0 Å². The Labute approximate surface area is 188 Å². The van der Waals surface area contributed by atoms with E-state index in [9.17, 15) is 0 Å². The molecule has 1 aliphatic heterocycles. The van der Waals surface area contributed by atoms with Crippen LogP contribution in [-0.2, 0) is 0 Å². The van der Waals surface area contributed by atoms with Gasteiger partial charge in [-0.05, 0) is 37.5 Å². The van der Waals surface area contributed by atoms with E-state index in [4.69, 9.17) is 9.97 Å². The van der Waals surface area contributed by atoms with Gasteiger partial charge in [0.1, 0.15) is 16.5 Å². The van der Waals surface area contributed by atoms with Crippen molar-refractivity contribution in [1.29, 1.82) is 0 Å². The molecule has 2 aromatic heterocycles. The molecule has 0 N–H and O–H groups in total. The normalized spacial score (nSPS) is 15.2. The van der Waals surface area contributed by atoms with Crippen LogP contribution in [0.25, 0.3) is 10.2 Å². The first-order valence-corrected chi connectivity index (χ1v) is 11.8. The van der Waals surface area contributed by atoms with Crippen molar-refractivity contribution < 1.29 is 0 Å². The molecule has 0 radical (unpaired) electrons. The van der Waals surface area contributed by atoms with Gasteiger partial charge in [-0.1, -0.05) is 60.7 Å². The summed E-state index contributed by atoms with van der Waals surface area (Å²) in [6.07, 6.45) is 0. The van der Waals surface area contributed by atoms with E-state index in [-0.39, 0.29) is 6.04 Å². The molecule has 31 heavy (non-hydrogen) atoms. The summed E-state index contributed by atoms with van der Waals surface area (Å²) < 4.78 is 0. The lowest BCUT2D eigenvalue weighted by Crippen LogP contribution is -2.48. The second-order valence-corrected chi connectivity index (χ2v) is 9.51. The van der Waals surface area contributed by atoms with Gasteiger partial charge in [-0.3, -0.25) is 4.90 Å². The van der Waals surface area contributed by atoms with Crippen molar-refractivity contribution in [1.82, 2.24) is 14.9 Å². The summed E-state index contributed by atoms with van der Waals surface area (Å²) >= 11 is 1.78. The molecule has 4 nitrogen and oxygen atoms in total. The quantitative estimate of drug-likeness (QED) is 0.428. The Kier molecular flexibility index (Phi) is 5.47. The average Bonchev–Trinajstić information content (AvgIpc) is 3.08. The number of thiophene rings is 1. The number of fused-ring (bicyclic) bond motifs is 1. The summed E-state index contributed by atoms with van der Waals surface area (Å²) in [7, 11) is 0. The van der Waals surface area contributed by atoms with Gasteiger partial charge in [-0.15, -0.1) is 11.3 Å². The van der Waals surface area contributed by atoms with Gasteiger partial charge in [-0.2, -0.15) is 0 Å². The fourth-order valence-corrected chi connectivity index (χ4v) is 5.71. The highest BCUT2D eigenvalue weighted by Gasteiger charge is 2.28. The lowest BCUT2D eigenvalue weighted by molar-refractivity contribution is 0.212. The lowest BCUT2D eigenvalue weighted by atomic mass is 9.96. The third-order valence-corrected chi connectivity index (χ3v) is 7.43. The Morgan fingerprint density at radius 1 is 0.774 bits per heavy atom. The Morgan fingerprint density at radius 3 is 1.94 bits per heavy atom. The SMILES string of the molecule is Cc1nc(N2CCN(C(c3ccccc3)c3ccccc3)CC2)c2c(C)c(C)sc2n1. The molecule has 5 heteroatoms. The van der Waals surface area contributed by atoms with Crippen molar-refractivity contribution in [2.24, 2.45) is 0 Å². The Morgan fingerprint density at radius 2 is 1.35 bits per heavy atom. The molecule has 0 amide bonds. The molecule has 2 aromatic carbocycles. The first-order valence-electron chi connectivity index (χ1n) is 10.9. The number of piperazine rings is 1. The second kappa shape index (κ2) is 8.40. The molecule has 0 spiro atoms. The topological polar surface area (TPSA) is 32.3 Å². The molecule has 1 saturated heterocycles. The van der Waals surface area contributed by atoms with Crippen LogP contribution in [0, 0.1) is 20.8 Å². The second-order valence-electron chi connectivity index (χ2n) is 8.30. The van der Waals surface area contributed by atoms with Crippen LogP contribution in [0.15, 0.2) is 60.7 Å². The van der Waals surface area contributed by atoms with Crippen molar-refractivity contribution in [3.63, 3.8) is 0 Å². The van der Waals surface area contributed by atoms with Gasteiger partial charge in [0.2, 0.25) is 0 Å². The van der Waals surface area contributed by atoms with Crippen molar-refractivity contribution in [3.8, 4) is 0 Å². The van der Waals surface area contributed by atoms with E-state index in [1.54, 1.807) is 11.3 Å². The fourth-order valence-electron chi connectivity index (χ4n) is 4.64. The molecule has 0 aliphatic carbocycles. The van der Waals surface area contributed by atoms with Gasteiger partial charge in [-0.25, -0.2) is 9.97 Å². The van der Waals surface area contributed by atoms with E-state index >= 15 is 0 Å². The van der Waals surface area contributed by atoms with Crippen molar-refractivity contribution >= 4 is 27.4 Å². The van der Waals surface area contributed by atoms with Crippen LogP contribution >= 0.6 is 11.3 Å². The maximum Gasteiger partial charge on any atom is 0.141 e. The summed E-state index contributed by atoms with van der Waals surface area (Å²) in [5.41, 5.74) is 4.03. The Balaban J connectivity index is 1.44. The van der Waals surface area contributed by atoms with Gasteiger partial charge in [0.15, 0.2) is 0 Å². The fraction of sp³-hybridized carbons (Fsp3) is 0.308. The number of nitrogens with zero attached hydrogens (tertiary/aromatic N) is 4. The van der Waals surface area contributed by atoms with Crippen LogP contribution in [0.1, 0.15) is 33.4 Å². The number of hydrogen-bond donors (Lipinski definition) is 0. The van der Waals surface area contributed by atoms with Crippen LogP contribution in [0.5, 0.6) is 0 Å². The number of aryl methyl sites for hydroxylation is 3. The maximum absolute atomic E-state index is 4.89.